The lowest BCUT2D eigenvalue weighted by Gasteiger charge is -2.39. The van der Waals surface area contributed by atoms with E-state index in [1.165, 1.54) is 24.3 Å². The number of amides is 1. The van der Waals surface area contributed by atoms with Crippen LogP contribution in [0.25, 0.3) is 0 Å². The van der Waals surface area contributed by atoms with Crippen LogP contribution < -0.4 is 4.74 Å². The zero-order valence-electron chi connectivity index (χ0n) is 11.1. The fraction of sp³-hybridized carbons (Fsp3) is 0.429. The lowest BCUT2D eigenvalue weighted by Crippen LogP contribution is -2.54. The van der Waals surface area contributed by atoms with Gasteiger partial charge in [0.2, 0.25) is 0 Å². The van der Waals surface area contributed by atoms with Gasteiger partial charge in [-0.05, 0) is 31.2 Å². The third kappa shape index (κ3) is 3.46. The van der Waals surface area contributed by atoms with Crippen LogP contribution in [0.1, 0.15) is 13.3 Å². The molecule has 5 nitrogen and oxygen atoms in total. The highest BCUT2D eigenvalue weighted by molar-refractivity contribution is 5.82. The molecule has 1 aromatic rings. The molecule has 108 valence electrons. The highest BCUT2D eigenvalue weighted by Gasteiger charge is 2.34. The van der Waals surface area contributed by atoms with Crippen molar-refractivity contribution in [3.63, 3.8) is 0 Å². The zero-order chi connectivity index (χ0) is 14.7. The second-order valence-electron chi connectivity index (χ2n) is 4.92. The topological polar surface area (TPSA) is 66.8 Å². The summed E-state index contributed by atoms with van der Waals surface area (Å²) >= 11 is 0. The largest absolute Gasteiger partial charge is 0.481 e. The van der Waals surface area contributed by atoms with E-state index in [1.807, 2.05) is 0 Å². The quantitative estimate of drug-likeness (QED) is 0.888. The molecule has 6 heteroatoms. The number of carboxylic acids is 1. The Hall–Kier alpha value is -2.11. The van der Waals surface area contributed by atoms with Gasteiger partial charge in [-0.3, -0.25) is 9.59 Å². The summed E-state index contributed by atoms with van der Waals surface area (Å²) in [5.74, 6) is -0.950. The van der Waals surface area contributed by atoms with E-state index in [9.17, 15) is 14.0 Å². The van der Waals surface area contributed by atoms with Crippen molar-refractivity contribution in [1.29, 1.82) is 0 Å². The number of rotatable bonds is 5. The van der Waals surface area contributed by atoms with Crippen LogP contribution in [0.4, 0.5) is 4.39 Å². The molecule has 1 heterocycles. The van der Waals surface area contributed by atoms with Gasteiger partial charge >= 0.3 is 5.97 Å². The Morgan fingerprint density at radius 2 is 2.00 bits per heavy atom. The minimum Gasteiger partial charge on any atom is -0.481 e. The first kappa shape index (κ1) is 14.3. The number of benzene rings is 1. The van der Waals surface area contributed by atoms with Gasteiger partial charge in [-0.1, -0.05) is 0 Å². The number of carbonyl (C=O) groups is 2. The highest BCUT2D eigenvalue weighted by atomic mass is 19.1. The number of likely N-dealkylation sites (tertiary alicyclic amines) is 1. The Bertz CT molecular complexity index is 496. The Balaban J connectivity index is 1.81. The molecule has 0 aromatic heterocycles. The first-order valence-electron chi connectivity index (χ1n) is 6.38. The monoisotopic (exact) mass is 281 g/mol. The van der Waals surface area contributed by atoms with Crippen LogP contribution in [-0.2, 0) is 9.59 Å². The van der Waals surface area contributed by atoms with Crippen LogP contribution in [0, 0.1) is 11.7 Å². The SMILES string of the molecule is CC(Oc1ccc(F)cc1)C(=O)N1CC(CC(=O)O)C1. The molecular weight excluding hydrogens is 265 g/mol. The summed E-state index contributed by atoms with van der Waals surface area (Å²) in [4.78, 5) is 24.1. The van der Waals surface area contributed by atoms with Crippen molar-refractivity contribution in [2.75, 3.05) is 13.1 Å². The van der Waals surface area contributed by atoms with E-state index in [1.54, 1.807) is 11.8 Å². The predicted octanol–water partition coefficient (Wildman–Crippen LogP) is 1.53. The van der Waals surface area contributed by atoms with E-state index >= 15 is 0 Å². The summed E-state index contributed by atoms with van der Waals surface area (Å²) in [6.45, 7) is 2.51. The van der Waals surface area contributed by atoms with Gasteiger partial charge < -0.3 is 14.7 Å². The summed E-state index contributed by atoms with van der Waals surface area (Å²) in [6.07, 6.45) is -0.594. The summed E-state index contributed by atoms with van der Waals surface area (Å²) < 4.78 is 18.2. The number of carbonyl (C=O) groups excluding carboxylic acids is 1. The molecule has 0 bridgehead atoms. The second kappa shape index (κ2) is 5.90. The van der Waals surface area contributed by atoms with E-state index in [2.05, 4.69) is 0 Å². The Morgan fingerprint density at radius 1 is 1.40 bits per heavy atom. The first-order chi connectivity index (χ1) is 9.45. The Labute approximate surface area is 116 Å². The highest BCUT2D eigenvalue weighted by Crippen LogP contribution is 2.21. The van der Waals surface area contributed by atoms with Crippen molar-refractivity contribution in [2.24, 2.45) is 5.92 Å². The molecule has 0 saturated carbocycles. The molecule has 1 atom stereocenters. The van der Waals surface area contributed by atoms with Crippen LogP contribution in [0.5, 0.6) is 5.75 Å². The van der Waals surface area contributed by atoms with Crippen molar-refractivity contribution < 1.29 is 23.8 Å². The van der Waals surface area contributed by atoms with Gasteiger partial charge in [0.05, 0.1) is 6.42 Å². The second-order valence-corrected chi connectivity index (χ2v) is 4.92. The Morgan fingerprint density at radius 3 is 2.55 bits per heavy atom. The molecule has 0 spiro atoms. The van der Waals surface area contributed by atoms with Crippen molar-refractivity contribution in [3.05, 3.63) is 30.1 Å². The molecule has 1 N–H and O–H groups in total. The molecule has 1 aromatic carbocycles. The van der Waals surface area contributed by atoms with Crippen LogP contribution in [0.15, 0.2) is 24.3 Å². The number of nitrogens with zero attached hydrogens (tertiary/aromatic N) is 1. The minimum atomic E-state index is -0.849. The van der Waals surface area contributed by atoms with E-state index < -0.39 is 12.1 Å². The maximum absolute atomic E-state index is 12.7. The van der Waals surface area contributed by atoms with Crippen molar-refractivity contribution in [3.8, 4) is 5.75 Å². The van der Waals surface area contributed by atoms with E-state index in [-0.39, 0.29) is 24.1 Å². The molecule has 0 aliphatic carbocycles. The number of halogens is 1. The Kier molecular flexibility index (Phi) is 4.22. The lowest BCUT2D eigenvalue weighted by molar-refractivity contribution is -0.149. The summed E-state index contributed by atoms with van der Waals surface area (Å²) in [5, 5.41) is 8.64. The van der Waals surface area contributed by atoms with E-state index in [4.69, 9.17) is 9.84 Å². The van der Waals surface area contributed by atoms with Gasteiger partial charge in [0, 0.05) is 19.0 Å². The number of aliphatic carboxylic acids is 1. The fourth-order valence-corrected chi connectivity index (χ4v) is 2.15. The van der Waals surface area contributed by atoms with E-state index in [0.717, 1.165) is 0 Å². The summed E-state index contributed by atoms with van der Waals surface area (Å²) in [5.41, 5.74) is 0. The maximum atomic E-state index is 12.7. The van der Waals surface area contributed by atoms with Crippen LogP contribution in [0.2, 0.25) is 0 Å². The molecular formula is C14H16FNO4. The molecule has 1 saturated heterocycles. The van der Waals surface area contributed by atoms with Crippen LogP contribution in [-0.4, -0.2) is 41.1 Å². The van der Waals surface area contributed by atoms with Gasteiger partial charge in [0.1, 0.15) is 11.6 Å². The molecule has 1 fully saturated rings. The van der Waals surface area contributed by atoms with Crippen LogP contribution >= 0.6 is 0 Å². The fourth-order valence-electron chi connectivity index (χ4n) is 2.15. The predicted molar refractivity (Wildman–Crippen MR) is 68.8 cm³/mol. The van der Waals surface area contributed by atoms with Crippen molar-refractivity contribution >= 4 is 11.9 Å². The van der Waals surface area contributed by atoms with Gasteiger partial charge in [0.25, 0.3) is 5.91 Å². The number of hydrogen-bond acceptors (Lipinski definition) is 3. The summed E-state index contributed by atoms with van der Waals surface area (Å²) in [7, 11) is 0. The third-order valence-electron chi connectivity index (χ3n) is 3.21. The summed E-state index contributed by atoms with van der Waals surface area (Å²) in [6, 6.07) is 5.45. The lowest BCUT2D eigenvalue weighted by atomic mass is 9.96. The van der Waals surface area contributed by atoms with Gasteiger partial charge in [0.15, 0.2) is 6.10 Å². The van der Waals surface area contributed by atoms with E-state index in [0.29, 0.717) is 18.8 Å². The number of ether oxygens (including phenoxy) is 1. The molecule has 1 amide bonds. The maximum Gasteiger partial charge on any atom is 0.303 e. The number of hydrogen-bond donors (Lipinski definition) is 1. The standard InChI is InChI=1S/C14H16FNO4/c1-9(20-12-4-2-11(15)3-5-12)14(19)16-7-10(8-16)6-13(17)18/h2-5,9-10H,6-8H2,1H3,(H,17,18). The normalized spacial score (nSPS) is 16.4. The van der Waals surface area contributed by atoms with Crippen molar-refractivity contribution in [2.45, 2.75) is 19.4 Å². The average molecular weight is 281 g/mol. The molecule has 20 heavy (non-hydrogen) atoms. The minimum absolute atomic E-state index is 0.0227. The zero-order valence-corrected chi connectivity index (χ0v) is 11.1. The van der Waals surface area contributed by atoms with Crippen molar-refractivity contribution in [1.82, 2.24) is 4.90 Å². The molecule has 2 rings (SSSR count). The smallest absolute Gasteiger partial charge is 0.303 e. The van der Waals surface area contributed by atoms with Gasteiger partial charge in [-0.15, -0.1) is 0 Å². The molecule has 1 aliphatic heterocycles. The average Bonchev–Trinajstić information content (AvgIpc) is 2.35. The number of carboxylic acid groups (broad SMARTS) is 1. The van der Waals surface area contributed by atoms with Gasteiger partial charge in [-0.25, -0.2) is 4.39 Å². The molecule has 1 unspecified atom stereocenters. The van der Waals surface area contributed by atoms with Gasteiger partial charge in [-0.2, -0.15) is 0 Å². The third-order valence-corrected chi connectivity index (χ3v) is 3.21. The first-order valence-corrected chi connectivity index (χ1v) is 6.38. The van der Waals surface area contributed by atoms with Crippen LogP contribution in [0.3, 0.4) is 0 Å². The molecule has 1 aliphatic rings. The molecule has 0 radical (unpaired) electrons.